The Kier molecular flexibility index (Phi) is 6.57. The number of aromatic carboxylic acids is 1. The molecule has 0 spiro atoms. The molecule has 0 atom stereocenters. The zero-order valence-electron chi connectivity index (χ0n) is 15.3. The van der Waals surface area contributed by atoms with Crippen molar-refractivity contribution in [3.8, 4) is 0 Å². The number of nitrogens with one attached hydrogen (secondary N) is 1. The van der Waals surface area contributed by atoms with Crippen molar-refractivity contribution in [1.29, 1.82) is 0 Å². The van der Waals surface area contributed by atoms with Gasteiger partial charge >= 0.3 is 5.97 Å². The van der Waals surface area contributed by atoms with Crippen LogP contribution < -0.4 is 5.32 Å². The standard InChI is InChI=1S/C21H25N3O3/c25-20(22-14-17-4-2-1-3-5-17)16-24-12-10-23(11-13-24)15-18-6-8-19(9-7-18)21(26)27/h1-9H,10-16H2,(H,22,25)(H,26,27). The van der Waals surface area contributed by atoms with Gasteiger partial charge in [0, 0.05) is 39.3 Å². The molecule has 2 aromatic carbocycles. The van der Waals surface area contributed by atoms with Crippen molar-refractivity contribution >= 4 is 11.9 Å². The molecule has 1 fully saturated rings. The SMILES string of the molecule is O=C(CN1CCN(Cc2ccc(C(=O)O)cc2)CC1)NCc1ccccc1. The van der Waals surface area contributed by atoms with Gasteiger partial charge in [-0.1, -0.05) is 42.5 Å². The lowest BCUT2D eigenvalue weighted by Gasteiger charge is -2.34. The minimum absolute atomic E-state index is 0.0524. The maximum atomic E-state index is 12.1. The van der Waals surface area contributed by atoms with Gasteiger partial charge < -0.3 is 10.4 Å². The summed E-state index contributed by atoms with van der Waals surface area (Å²) in [4.78, 5) is 27.5. The van der Waals surface area contributed by atoms with E-state index in [-0.39, 0.29) is 5.91 Å². The molecule has 3 rings (SSSR count). The number of benzene rings is 2. The predicted molar refractivity (Wildman–Crippen MR) is 103 cm³/mol. The van der Waals surface area contributed by atoms with Gasteiger partial charge in [0.1, 0.15) is 0 Å². The van der Waals surface area contributed by atoms with Crippen LogP contribution in [0.2, 0.25) is 0 Å². The quantitative estimate of drug-likeness (QED) is 0.781. The summed E-state index contributed by atoms with van der Waals surface area (Å²) in [5.74, 6) is -0.850. The van der Waals surface area contributed by atoms with Crippen LogP contribution in [-0.4, -0.2) is 59.5 Å². The van der Waals surface area contributed by atoms with Crippen LogP contribution in [0, 0.1) is 0 Å². The third kappa shape index (κ3) is 5.91. The van der Waals surface area contributed by atoms with E-state index in [1.54, 1.807) is 12.1 Å². The van der Waals surface area contributed by atoms with Crippen LogP contribution >= 0.6 is 0 Å². The number of nitrogens with zero attached hydrogens (tertiary/aromatic N) is 2. The lowest BCUT2D eigenvalue weighted by Crippen LogP contribution is -2.49. The second kappa shape index (κ2) is 9.30. The number of hydrogen-bond acceptors (Lipinski definition) is 4. The highest BCUT2D eigenvalue weighted by Crippen LogP contribution is 2.10. The van der Waals surface area contributed by atoms with Gasteiger partial charge in [-0.3, -0.25) is 14.6 Å². The Morgan fingerprint density at radius 1 is 0.852 bits per heavy atom. The molecule has 6 nitrogen and oxygen atoms in total. The molecule has 1 saturated heterocycles. The third-order valence-corrected chi connectivity index (χ3v) is 4.77. The molecule has 0 bridgehead atoms. The van der Waals surface area contributed by atoms with Crippen molar-refractivity contribution in [2.24, 2.45) is 0 Å². The summed E-state index contributed by atoms with van der Waals surface area (Å²) in [5, 5.41) is 11.9. The zero-order chi connectivity index (χ0) is 19.1. The fourth-order valence-electron chi connectivity index (χ4n) is 3.17. The van der Waals surface area contributed by atoms with Crippen molar-refractivity contribution in [3.05, 3.63) is 71.3 Å². The fraction of sp³-hybridized carbons (Fsp3) is 0.333. The van der Waals surface area contributed by atoms with E-state index in [4.69, 9.17) is 5.11 Å². The smallest absolute Gasteiger partial charge is 0.335 e. The van der Waals surface area contributed by atoms with Gasteiger partial charge in [-0.15, -0.1) is 0 Å². The van der Waals surface area contributed by atoms with Crippen molar-refractivity contribution < 1.29 is 14.7 Å². The second-order valence-corrected chi connectivity index (χ2v) is 6.82. The molecule has 27 heavy (non-hydrogen) atoms. The highest BCUT2D eigenvalue weighted by molar-refractivity contribution is 5.87. The van der Waals surface area contributed by atoms with Crippen molar-refractivity contribution in [2.75, 3.05) is 32.7 Å². The largest absolute Gasteiger partial charge is 0.478 e. The summed E-state index contributed by atoms with van der Waals surface area (Å²) >= 11 is 0. The van der Waals surface area contributed by atoms with E-state index in [0.29, 0.717) is 18.7 Å². The average Bonchev–Trinajstić information content (AvgIpc) is 2.69. The van der Waals surface area contributed by atoms with E-state index in [0.717, 1.165) is 43.9 Å². The van der Waals surface area contributed by atoms with E-state index < -0.39 is 5.97 Å². The van der Waals surface area contributed by atoms with Gasteiger partial charge in [0.2, 0.25) is 5.91 Å². The Labute approximate surface area is 159 Å². The summed E-state index contributed by atoms with van der Waals surface area (Å²) in [6, 6.07) is 16.9. The first-order chi connectivity index (χ1) is 13.1. The number of carboxylic acid groups (broad SMARTS) is 1. The molecule has 0 aromatic heterocycles. The van der Waals surface area contributed by atoms with Crippen LogP contribution in [0.5, 0.6) is 0 Å². The van der Waals surface area contributed by atoms with Crippen LogP contribution in [0.3, 0.4) is 0 Å². The van der Waals surface area contributed by atoms with Gasteiger partial charge in [-0.05, 0) is 23.3 Å². The molecule has 0 unspecified atom stereocenters. The number of carboxylic acids is 1. The number of amides is 1. The Hall–Kier alpha value is -2.70. The van der Waals surface area contributed by atoms with Gasteiger partial charge in [-0.25, -0.2) is 4.79 Å². The average molecular weight is 367 g/mol. The van der Waals surface area contributed by atoms with Gasteiger partial charge in [0.05, 0.1) is 12.1 Å². The lowest BCUT2D eigenvalue weighted by molar-refractivity contribution is -0.122. The van der Waals surface area contributed by atoms with Gasteiger partial charge in [-0.2, -0.15) is 0 Å². The van der Waals surface area contributed by atoms with Crippen LogP contribution in [0.25, 0.3) is 0 Å². The molecule has 1 heterocycles. The molecular formula is C21H25N3O3. The first-order valence-corrected chi connectivity index (χ1v) is 9.18. The molecular weight excluding hydrogens is 342 g/mol. The maximum absolute atomic E-state index is 12.1. The molecule has 0 radical (unpaired) electrons. The number of carbonyl (C=O) groups excluding carboxylic acids is 1. The Bertz CT molecular complexity index is 754. The Morgan fingerprint density at radius 2 is 1.48 bits per heavy atom. The van der Waals surface area contributed by atoms with E-state index >= 15 is 0 Å². The van der Waals surface area contributed by atoms with Crippen molar-refractivity contribution in [1.82, 2.24) is 15.1 Å². The maximum Gasteiger partial charge on any atom is 0.335 e. The van der Waals surface area contributed by atoms with E-state index in [1.807, 2.05) is 42.5 Å². The number of rotatable bonds is 7. The molecule has 6 heteroatoms. The zero-order valence-corrected chi connectivity index (χ0v) is 15.3. The van der Waals surface area contributed by atoms with E-state index in [9.17, 15) is 9.59 Å². The minimum atomic E-state index is -0.902. The lowest BCUT2D eigenvalue weighted by atomic mass is 10.1. The van der Waals surface area contributed by atoms with Crippen molar-refractivity contribution in [3.63, 3.8) is 0 Å². The van der Waals surface area contributed by atoms with Crippen LogP contribution in [-0.2, 0) is 17.9 Å². The third-order valence-electron chi connectivity index (χ3n) is 4.77. The molecule has 1 aliphatic rings. The summed E-state index contributed by atoms with van der Waals surface area (Å²) < 4.78 is 0. The number of carbonyl (C=O) groups is 2. The first-order valence-electron chi connectivity index (χ1n) is 9.18. The number of piperazine rings is 1. The van der Waals surface area contributed by atoms with E-state index in [1.165, 1.54) is 0 Å². The summed E-state index contributed by atoms with van der Waals surface area (Å²) in [6.07, 6.45) is 0. The molecule has 0 aliphatic carbocycles. The highest BCUT2D eigenvalue weighted by atomic mass is 16.4. The summed E-state index contributed by atoms with van der Waals surface area (Å²) in [5.41, 5.74) is 2.52. The monoisotopic (exact) mass is 367 g/mol. The Morgan fingerprint density at radius 3 is 2.11 bits per heavy atom. The first kappa shape index (κ1) is 19.1. The van der Waals surface area contributed by atoms with Crippen LogP contribution in [0.15, 0.2) is 54.6 Å². The fourth-order valence-corrected chi connectivity index (χ4v) is 3.17. The molecule has 2 aromatic rings. The van der Waals surface area contributed by atoms with Crippen LogP contribution in [0.1, 0.15) is 21.5 Å². The predicted octanol–water partition coefficient (Wildman–Crippen LogP) is 1.82. The highest BCUT2D eigenvalue weighted by Gasteiger charge is 2.19. The number of hydrogen-bond donors (Lipinski definition) is 2. The molecule has 1 aliphatic heterocycles. The summed E-state index contributed by atoms with van der Waals surface area (Å²) in [7, 11) is 0. The molecule has 0 saturated carbocycles. The molecule has 142 valence electrons. The Balaban J connectivity index is 1.38. The molecule has 1 amide bonds. The normalized spacial score (nSPS) is 15.4. The van der Waals surface area contributed by atoms with Crippen LogP contribution in [0.4, 0.5) is 0 Å². The van der Waals surface area contributed by atoms with E-state index in [2.05, 4.69) is 15.1 Å². The second-order valence-electron chi connectivity index (χ2n) is 6.82. The van der Waals surface area contributed by atoms with Crippen molar-refractivity contribution in [2.45, 2.75) is 13.1 Å². The van der Waals surface area contributed by atoms with Gasteiger partial charge in [0.15, 0.2) is 0 Å². The summed E-state index contributed by atoms with van der Waals surface area (Å²) in [6.45, 7) is 5.28. The molecule has 2 N–H and O–H groups in total. The minimum Gasteiger partial charge on any atom is -0.478 e. The topological polar surface area (TPSA) is 72.9 Å². The van der Waals surface area contributed by atoms with Gasteiger partial charge in [0.25, 0.3) is 0 Å².